The zero-order chi connectivity index (χ0) is 21.2. The number of carboxylic acid groups (broad SMARTS) is 1. The van der Waals surface area contributed by atoms with E-state index < -0.39 is 16.0 Å². The molecule has 1 aliphatic rings. The molecule has 1 aliphatic heterocycles. The Morgan fingerprint density at radius 1 is 1.21 bits per heavy atom. The van der Waals surface area contributed by atoms with Gasteiger partial charge in [0.1, 0.15) is 10.6 Å². The summed E-state index contributed by atoms with van der Waals surface area (Å²) in [5.74, 6) is -0.363. The van der Waals surface area contributed by atoms with Crippen LogP contribution in [0.5, 0.6) is 5.75 Å². The monoisotopic (exact) mass is 438 g/mol. The van der Waals surface area contributed by atoms with E-state index in [0.717, 1.165) is 25.9 Å². The number of sulfonamides is 1. The molecule has 9 heteroatoms. The summed E-state index contributed by atoms with van der Waals surface area (Å²) in [5.41, 5.74) is 0.795. The highest BCUT2D eigenvalue weighted by molar-refractivity contribution is 7.92. The second-order valence-corrected chi connectivity index (χ2v) is 9.19. The van der Waals surface area contributed by atoms with Crippen molar-refractivity contribution >= 4 is 39.0 Å². The molecule has 3 rings (SSSR count). The summed E-state index contributed by atoms with van der Waals surface area (Å²) in [6.45, 7) is 3.72. The molecule has 0 amide bonds. The fraction of sp³-hybridized carbons (Fsp3) is 0.350. The van der Waals surface area contributed by atoms with Crippen molar-refractivity contribution in [3.8, 4) is 5.75 Å². The molecule has 0 aromatic heterocycles. The zero-order valence-electron chi connectivity index (χ0n) is 16.2. The quantitative estimate of drug-likeness (QED) is 0.705. The molecule has 1 heterocycles. The third-order valence-corrected chi connectivity index (χ3v) is 6.66. The number of halogens is 1. The van der Waals surface area contributed by atoms with Gasteiger partial charge in [-0.15, -0.1) is 0 Å². The van der Waals surface area contributed by atoms with Crippen molar-refractivity contribution in [2.75, 3.05) is 29.8 Å². The van der Waals surface area contributed by atoms with Crippen molar-refractivity contribution in [3.05, 3.63) is 47.0 Å². The number of carbonyl (C=O) groups is 1. The van der Waals surface area contributed by atoms with Crippen LogP contribution in [0.25, 0.3) is 0 Å². The van der Waals surface area contributed by atoms with Crippen molar-refractivity contribution in [2.24, 2.45) is 5.92 Å². The first kappa shape index (κ1) is 21.3. The summed E-state index contributed by atoms with van der Waals surface area (Å²) in [4.78, 5) is 13.7. The van der Waals surface area contributed by atoms with Crippen LogP contribution in [0.3, 0.4) is 0 Å². The molecule has 7 nitrogen and oxygen atoms in total. The number of hydrogen-bond acceptors (Lipinski definition) is 5. The van der Waals surface area contributed by atoms with E-state index in [1.165, 1.54) is 31.4 Å². The molecule has 156 valence electrons. The van der Waals surface area contributed by atoms with Crippen molar-refractivity contribution in [3.63, 3.8) is 0 Å². The van der Waals surface area contributed by atoms with Gasteiger partial charge in [0.15, 0.2) is 0 Å². The number of piperidine rings is 1. The molecule has 2 aromatic rings. The first-order valence-corrected chi connectivity index (χ1v) is 11.1. The molecular weight excluding hydrogens is 416 g/mol. The van der Waals surface area contributed by atoms with Crippen LogP contribution in [-0.4, -0.2) is 39.7 Å². The topological polar surface area (TPSA) is 95.9 Å². The minimum absolute atomic E-state index is 0.0535. The molecule has 0 bridgehead atoms. The van der Waals surface area contributed by atoms with Gasteiger partial charge in [-0.2, -0.15) is 0 Å². The fourth-order valence-electron chi connectivity index (χ4n) is 3.37. The Bertz CT molecular complexity index is 1020. The Labute approximate surface area is 175 Å². The first-order valence-electron chi connectivity index (χ1n) is 9.20. The van der Waals surface area contributed by atoms with Crippen LogP contribution in [-0.2, 0) is 10.0 Å². The van der Waals surface area contributed by atoms with Gasteiger partial charge in [-0.1, -0.05) is 18.5 Å². The second-order valence-electron chi connectivity index (χ2n) is 7.11. The Balaban J connectivity index is 1.93. The molecule has 2 aromatic carbocycles. The highest BCUT2D eigenvalue weighted by Gasteiger charge is 2.24. The van der Waals surface area contributed by atoms with Crippen molar-refractivity contribution in [1.82, 2.24) is 0 Å². The first-order chi connectivity index (χ1) is 13.7. The number of hydrogen-bond donors (Lipinski definition) is 2. The summed E-state index contributed by atoms with van der Waals surface area (Å²) in [6, 6.07) is 8.81. The molecule has 0 unspecified atom stereocenters. The Kier molecular flexibility index (Phi) is 6.24. The van der Waals surface area contributed by atoms with E-state index in [1.54, 1.807) is 12.1 Å². The molecule has 0 radical (unpaired) electrons. The van der Waals surface area contributed by atoms with Gasteiger partial charge in [0.05, 0.1) is 18.4 Å². The zero-order valence-corrected chi connectivity index (χ0v) is 17.8. The van der Waals surface area contributed by atoms with Crippen LogP contribution >= 0.6 is 11.6 Å². The van der Waals surface area contributed by atoms with Crippen LogP contribution in [0.1, 0.15) is 30.1 Å². The van der Waals surface area contributed by atoms with E-state index in [-0.39, 0.29) is 26.9 Å². The predicted octanol–water partition coefficient (Wildman–Crippen LogP) is 4.08. The van der Waals surface area contributed by atoms with Crippen molar-refractivity contribution < 1.29 is 23.1 Å². The molecule has 1 saturated heterocycles. The van der Waals surface area contributed by atoms with Gasteiger partial charge in [0.25, 0.3) is 10.0 Å². The highest BCUT2D eigenvalue weighted by atomic mass is 35.5. The smallest absolute Gasteiger partial charge is 0.337 e. The largest absolute Gasteiger partial charge is 0.495 e. The maximum atomic E-state index is 12.8. The molecule has 0 spiro atoms. The summed E-state index contributed by atoms with van der Waals surface area (Å²) in [6.07, 6.45) is 1.98. The van der Waals surface area contributed by atoms with E-state index in [4.69, 9.17) is 16.3 Å². The van der Waals surface area contributed by atoms with Crippen molar-refractivity contribution in [1.29, 1.82) is 0 Å². The van der Waals surface area contributed by atoms with Crippen LogP contribution < -0.4 is 14.4 Å². The number of rotatable bonds is 6. The van der Waals surface area contributed by atoms with E-state index >= 15 is 0 Å². The van der Waals surface area contributed by atoms with Gasteiger partial charge < -0.3 is 14.7 Å². The predicted molar refractivity (Wildman–Crippen MR) is 113 cm³/mol. The second kappa shape index (κ2) is 8.51. The highest BCUT2D eigenvalue weighted by Crippen LogP contribution is 2.32. The minimum Gasteiger partial charge on any atom is -0.495 e. The van der Waals surface area contributed by atoms with Crippen LogP contribution in [0, 0.1) is 5.92 Å². The maximum absolute atomic E-state index is 12.8. The molecule has 29 heavy (non-hydrogen) atoms. The molecule has 2 N–H and O–H groups in total. The lowest BCUT2D eigenvalue weighted by Crippen LogP contribution is -2.33. The SMILES string of the molecule is COc1ccc(Cl)cc1S(=O)(=O)Nc1ccc(N2CCC(C)CC2)c(C(=O)O)c1. The van der Waals surface area contributed by atoms with Crippen LogP contribution in [0.4, 0.5) is 11.4 Å². The van der Waals surface area contributed by atoms with E-state index in [2.05, 4.69) is 11.6 Å². The summed E-state index contributed by atoms with van der Waals surface area (Å²) < 4.78 is 33.2. The summed E-state index contributed by atoms with van der Waals surface area (Å²) in [7, 11) is -2.67. The molecular formula is C20H23ClN2O5S. The van der Waals surface area contributed by atoms with Gasteiger partial charge in [0, 0.05) is 23.8 Å². The van der Waals surface area contributed by atoms with Crippen LogP contribution in [0.15, 0.2) is 41.3 Å². The van der Waals surface area contributed by atoms with E-state index in [9.17, 15) is 18.3 Å². The van der Waals surface area contributed by atoms with E-state index in [1.807, 2.05) is 4.90 Å². The Morgan fingerprint density at radius 2 is 1.90 bits per heavy atom. The van der Waals surface area contributed by atoms with E-state index in [0.29, 0.717) is 11.6 Å². The number of methoxy groups -OCH3 is 1. The van der Waals surface area contributed by atoms with Gasteiger partial charge in [-0.25, -0.2) is 13.2 Å². The molecule has 1 fully saturated rings. The number of benzene rings is 2. The van der Waals surface area contributed by atoms with Gasteiger partial charge in [-0.05, 0) is 55.2 Å². The minimum atomic E-state index is -4.03. The molecule has 0 aliphatic carbocycles. The van der Waals surface area contributed by atoms with Gasteiger partial charge in [0.2, 0.25) is 0 Å². The Morgan fingerprint density at radius 3 is 2.52 bits per heavy atom. The Hall–Kier alpha value is -2.45. The van der Waals surface area contributed by atoms with Gasteiger partial charge >= 0.3 is 5.97 Å². The third kappa shape index (κ3) is 4.76. The number of anilines is 2. The number of carboxylic acids is 1. The number of nitrogens with one attached hydrogen (secondary N) is 1. The summed E-state index contributed by atoms with van der Waals surface area (Å²) in [5, 5.41) is 9.91. The van der Waals surface area contributed by atoms with Crippen LogP contribution in [0.2, 0.25) is 5.02 Å². The normalized spacial score (nSPS) is 15.2. The number of nitrogens with zero attached hydrogens (tertiary/aromatic N) is 1. The maximum Gasteiger partial charge on any atom is 0.337 e. The summed E-state index contributed by atoms with van der Waals surface area (Å²) >= 11 is 5.94. The average molecular weight is 439 g/mol. The standard InChI is InChI=1S/C20H23ClN2O5S/c1-13-7-9-23(10-8-13)17-5-4-15(12-16(17)20(24)25)22-29(26,27)19-11-14(21)3-6-18(19)28-2/h3-6,11-13,22H,7-10H2,1-2H3,(H,24,25). The molecule has 0 atom stereocenters. The van der Waals surface area contributed by atoms with Gasteiger partial charge in [-0.3, -0.25) is 4.72 Å². The fourth-order valence-corrected chi connectivity index (χ4v) is 4.85. The third-order valence-electron chi connectivity index (χ3n) is 5.02. The lowest BCUT2D eigenvalue weighted by atomic mass is 9.98. The number of ether oxygens (including phenoxy) is 1. The molecule has 0 saturated carbocycles. The lowest BCUT2D eigenvalue weighted by Gasteiger charge is -2.33. The van der Waals surface area contributed by atoms with Crippen molar-refractivity contribution in [2.45, 2.75) is 24.7 Å². The number of aromatic carboxylic acids is 1. The lowest BCUT2D eigenvalue weighted by molar-refractivity contribution is 0.0697. The average Bonchev–Trinajstić information content (AvgIpc) is 2.68.